The van der Waals surface area contributed by atoms with Gasteiger partial charge in [-0.3, -0.25) is 8.42 Å². The Morgan fingerprint density at radius 3 is 1.17 bits per heavy atom. The normalized spacial score (nSPS) is 9.67. The summed E-state index contributed by atoms with van der Waals surface area (Å²) in [4.78, 5) is 0. The average molecular weight is 211 g/mol. The summed E-state index contributed by atoms with van der Waals surface area (Å²) in [7, 11) is -5.17. The van der Waals surface area contributed by atoms with E-state index in [2.05, 4.69) is 0 Å². The average Bonchev–Trinajstić information content (AvgIpc) is 0.722. The summed E-state index contributed by atoms with van der Waals surface area (Å²) in [6.45, 7) is 0. The molecule has 0 aliphatic rings. The van der Waals surface area contributed by atoms with Crippen molar-refractivity contribution in [3.63, 3.8) is 0 Å². The van der Waals surface area contributed by atoms with Crippen molar-refractivity contribution in [2.75, 3.05) is 0 Å². The summed E-state index contributed by atoms with van der Waals surface area (Å²) in [6.07, 6.45) is 0. The summed E-state index contributed by atoms with van der Waals surface area (Å²) in [5, 5.41) is 0. The van der Waals surface area contributed by atoms with Gasteiger partial charge in [0.1, 0.15) is 0 Å². The van der Waals surface area contributed by atoms with E-state index in [1.165, 1.54) is 0 Å². The third-order valence-corrected chi connectivity index (χ3v) is 0. The van der Waals surface area contributed by atoms with Crippen molar-refractivity contribution in [3.8, 4) is 0 Å². The first-order valence-corrected chi connectivity index (χ1v) is 2.00. The molecule has 0 aromatic heterocycles. The van der Waals surface area contributed by atoms with Crippen molar-refractivity contribution in [2.24, 2.45) is 0 Å². The molecule has 32 valence electrons. The zero-order valence-electron chi connectivity index (χ0n) is 2.62. The summed E-state index contributed by atoms with van der Waals surface area (Å²) >= 11 is 0. The first kappa shape index (κ1) is 9.88. The van der Waals surface area contributed by atoms with Crippen molar-refractivity contribution >= 4 is 36.2 Å². The van der Waals surface area contributed by atoms with E-state index < -0.39 is 10.4 Å². The first-order chi connectivity index (χ1) is 2.00. The molecule has 0 bridgehead atoms. The zero-order chi connectivity index (χ0) is 4.50. The fourth-order valence-electron chi connectivity index (χ4n) is 0. The van der Waals surface area contributed by atoms with Gasteiger partial charge in [0.25, 0.3) is 0 Å². The van der Waals surface area contributed by atoms with Crippen LogP contribution < -0.4 is 0 Å². The second-order valence-corrected chi connectivity index (χ2v) is 1.22. The summed E-state index contributed by atoms with van der Waals surface area (Å²) in [6, 6.07) is 0. The smallest absolute Gasteiger partial charge is 0.759 e. The van der Waals surface area contributed by atoms with Crippen molar-refractivity contribution < 1.29 is 17.5 Å². The minimum absolute atomic E-state index is 0. The van der Waals surface area contributed by atoms with Gasteiger partial charge < -0.3 is 9.11 Å². The topological polar surface area (TPSA) is 80.3 Å². The molecule has 0 unspecified atom stereocenters. The second-order valence-electron chi connectivity index (χ2n) is 0.408. The number of hydrogen-bond acceptors (Lipinski definition) is 4. The van der Waals surface area contributed by atoms with E-state index in [1.54, 1.807) is 0 Å². The Labute approximate surface area is 53.9 Å². The van der Waals surface area contributed by atoms with Crippen LogP contribution >= 0.6 is 0 Å². The van der Waals surface area contributed by atoms with E-state index >= 15 is 0 Å². The van der Waals surface area contributed by atoms with Crippen LogP contribution in [0, 0.1) is 0 Å². The summed E-state index contributed by atoms with van der Waals surface area (Å²) < 4.78 is 34.1. The third-order valence-electron chi connectivity index (χ3n) is 0. The van der Waals surface area contributed by atoms with Gasteiger partial charge in [-0.1, -0.05) is 0 Å². The second kappa shape index (κ2) is 2.84. The van der Waals surface area contributed by atoms with Crippen molar-refractivity contribution in [2.45, 2.75) is 0 Å². The molecule has 0 saturated heterocycles. The first-order valence-electron chi connectivity index (χ1n) is 0.667. The van der Waals surface area contributed by atoms with Gasteiger partial charge in [-0.25, -0.2) is 0 Å². The minimum Gasteiger partial charge on any atom is -0.759 e. The maximum Gasteiger partial charge on any atom is 3.00 e. The van der Waals surface area contributed by atoms with Crippen molar-refractivity contribution in [3.05, 3.63) is 0 Å². The number of rotatable bonds is 0. The van der Waals surface area contributed by atoms with E-state index in [0.29, 0.717) is 0 Å². The molecular weight excluding hydrogens is 211 g/mol. The zero-order valence-corrected chi connectivity index (χ0v) is 6.73. The van der Waals surface area contributed by atoms with E-state index in [-0.39, 0.29) is 25.8 Å². The maximum atomic E-state index is 8.52. The van der Waals surface area contributed by atoms with Crippen LogP contribution in [0.4, 0.5) is 0 Å². The van der Waals surface area contributed by atoms with Crippen LogP contribution in [0.3, 0.4) is 0 Å². The minimum atomic E-state index is -5.17. The molecule has 0 heterocycles. The van der Waals surface area contributed by atoms with Gasteiger partial charge in [0.15, 0.2) is 0 Å². The van der Waals surface area contributed by atoms with Crippen LogP contribution in [-0.4, -0.2) is 43.4 Å². The standard InChI is InChI=1S/In.H2O4S/c;1-5(2,3)4/h;(H2,1,2,3,4)/q+3;/p-2. The fourth-order valence-corrected chi connectivity index (χ4v) is 0. The van der Waals surface area contributed by atoms with Gasteiger partial charge in [0.2, 0.25) is 0 Å². The van der Waals surface area contributed by atoms with Crippen LogP contribution in [0.5, 0.6) is 0 Å². The van der Waals surface area contributed by atoms with Gasteiger partial charge in [-0.05, 0) is 0 Å². The van der Waals surface area contributed by atoms with Gasteiger partial charge in [-0.2, -0.15) is 0 Å². The molecule has 0 rings (SSSR count). The van der Waals surface area contributed by atoms with Crippen LogP contribution in [-0.2, 0) is 10.4 Å². The predicted octanol–water partition coefficient (Wildman–Crippen LogP) is -1.72. The van der Waals surface area contributed by atoms with Gasteiger partial charge >= 0.3 is 25.8 Å². The van der Waals surface area contributed by atoms with Crippen LogP contribution in [0.2, 0.25) is 0 Å². The molecule has 4 nitrogen and oxygen atoms in total. The molecule has 0 amide bonds. The van der Waals surface area contributed by atoms with Gasteiger partial charge in [0.05, 0.1) is 0 Å². The SMILES string of the molecule is O=S(=O)([O-])[O-].[In+3]. The molecule has 0 saturated carbocycles. The molecule has 0 spiro atoms. The molecule has 0 N–H and O–H groups in total. The molecule has 6 heteroatoms. The Kier molecular flexibility index (Phi) is 4.68. The molecule has 0 aromatic rings. The van der Waals surface area contributed by atoms with Gasteiger partial charge in [0, 0.05) is 10.4 Å². The molecule has 6 heavy (non-hydrogen) atoms. The maximum absolute atomic E-state index is 8.52. The summed E-state index contributed by atoms with van der Waals surface area (Å²) in [5.41, 5.74) is 0. The number of hydrogen-bond donors (Lipinski definition) is 0. The molecule has 0 fully saturated rings. The predicted molar refractivity (Wildman–Crippen MR) is 16.2 cm³/mol. The molecule has 0 aliphatic carbocycles. The Morgan fingerprint density at radius 1 is 1.17 bits per heavy atom. The fraction of sp³-hybridized carbons (Fsp3) is 0. The van der Waals surface area contributed by atoms with E-state index in [1.807, 2.05) is 0 Å². The van der Waals surface area contributed by atoms with Crippen molar-refractivity contribution in [1.82, 2.24) is 0 Å². The summed E-state index contributed by atoms with van der Waals surface area (Å²) in [5.74, 6) is 0. The third kappa shape index (κ3) is 121. The van der Waals surface area contributed by atoms with Crippen molar-refractivity contribution in [1.29, 1.82) is 0 Å². The van der Waals surface area contributed by atoms with Gasteiger partial charge in [-0.15, -0.1) is 0 Å². The molecule has 0 radical (unpaired) electrons. The largest absolute Gasteiger partial charge is 3.00 e. The molecule has 0 aliphatic heterocycles. The van der Waals surface area contributed by atoms with E-state index in [9.17, 15) is 0 Å². The van der Waals surface area contributed by atoms with E-state index in [4.69, 9.17) is 17.5 Å². The Hall–Kier alpha value is 0.740. The molecule has 0 aromatic carbocycles. The quantitative estimate of drug-likeness (QED) is 0.352. The van der Waals surface area contributed by atoms with Crippen LogP contribution in [0.15, 0.2) is 0 Å². The monoisotopic (exact) mass is 211 g/mol. The Balaban J connectivity index is 0. The molecule has 0 atom stereocenters. The van der Waals surface area contributed by atoms with Crippen LogP contribution in [0.1, 0.15) is 0 Å². The Bertz CT molecular complexity index is 90.7. The van der Waals surface area contributed by atoms with Crippen LogP contribution in [0.25, 0.3) is 0 Å². The molecular formula is InO4S+. The van der Waals surface area contributed by atoms with E-state index in [0.717, 1.165) is 0 Å². The Morgan fingerprint density at radius 2 is 1.17 bits per heavy atom.